The smallest absolute Gasteiger partial charge is 0.340 e. The molecule has 0 aliphatic carbocycles. The number of ether oxygens (including phenoxy) is 2. The van der Waals surface area contributed by atoms with E-state index in [9.17, 15) is 4.79 Å². The first-order valence-electron chi connectivity index (χ1n) is 5.69. The fourth-order valence-corrected chi connectivity index (χ4v) is 2.02. The van der Waals surface area contributed by atoms with Gasteiger partial charge in [0.05, 0.1) is 29.9 Å². The molecule has 1 aromatic rings. The summed E-state index contributed by atoms with van der Waals surface area (Å²) in [6, 6.07) is 7.81. The number of allylic oxidation sites excluding steroid dienone is 2. The zero-order valence-electron chi connectivity index (χ0n) is 11.6. The fraction of sp³-hybridized carbons (Fsp3) is 0.143. The number of nitriles is 3. The number of halogens is 1. The van der Waals surface area contributed by atoms with Crippen LogP contribution in [-0.4, -0.2) is 20.2 Å². The maximum Gasteiger partial charge on any atom is 0.340 e. The van der Waals surface area contributed by atoms with Crippen molar-refractivity contribution >= 4 is 27.6 Å². The number of esters is 1. The topological polar surface area (TPSA) is 119 Å². The Bertz CT molecular complexity index is 750. The normalized spacial score (nSPS) is 8.73. The van der Waals surface area contributed by atoms with Crippen LogP contribution < -0.4 is 10.1 Å². The van der Waals surface area contributed by atoms with E-state index in [0.717, 1.165) is 0 Å². The molecule has 110 valence electrons. The second-order valence-electron chi connectivity index (χ2n) is 3.73. The lowest BCUT2D eigenvalue weighted by atomic mass is 10.1. The van der Waals surface area contributed by atoms with Crippen molar-refractivity contribution in [3.8, 4) is 24.0 Å². The van der Waals surface area contributed by atoms with Crippen molar-refractivity contribution in [3.63, 3.8) is 0 Å². The number of hydrogen-bond acceptors (Lipinski definition) is 7. The molecule has 0 aliphatic heterocycles. The zero-order chi connectivity index (χ0) is 16.7. The first-order chi connectivity index (χ1) is 10.5. The summed E-state index contributed by atoms with van der Waals surface area (Å²) in [4.78, 5) is 11.8. The van der Waals surface area contributed by atoms with Gasteiger partial charge in [-0.1, -0.05) is 0 Å². The van der Waals surface area contributed by atoms with Gasteiger partial charge >= 0.3 is 5.97 Å². The predicted molar refractivity (Wildman–Crippen MR) is 79.5 cm³/mol. The van der Waals surface area contributed by atoms with Crippen molar-refractivity contribution < 1.29 is 14.3 Å². The second kappa shape index (κ2) is 7.68. The average Bonchev–Trinajstić information content (AvgIpc) is 2.54. The van der Waals surface area contributed by atoms with E-state index in [1.54, 1.807) is 18.2 Å². The van der Waals surface area contributed by atoms with Crippen LogP contribution in [0.4, 0.5) is 5.69 Å². The van der Waals surface area contributed by atoms with Gasteiger partial charge in [-0.3, -0.25) is 0 Å². The summed E-state index contributed by atoms with van der Waals surface area (Å²) in [6.45, 7) is 0. The molecule has 0 radical (unpaired) electrons. The van der Waals surface area contributed by atoms with E-state index in [2.05, 4.69) is 26.0 Å². The van der Waals surface area contributed by atoms with Crippen molar-refractivity contribution in [2.75, 3.05) is 19.5 Å². The first kappa shape index (κ1) is 17.0. The lowest BCUT2D eigenvalue weighted by molar-refractivity contribution is 0.0601. The number of hydrogen-bond donors (Lipinski definition) is 1. The third-order valence-corrected chi connectivity index (χ3v) is 3.16. The Hall–Kier alpha value is -3.02. The van der Waals surface area contributed by atoms with Gasteiger partial charge < -0.3 is 14.8 Å². The summed E-state index contributed by atoms with van der Waals surface area (Å²) in [5.74, 6) is -0.282. The molecular formula is C14H9BrN4O3. The van der Waals surface area contributed by atoms with E-state index in [4.69, 9.17) is 20.5 Å². The van der Waals surface area contributed by atoms with E-state index < -0.39 is 11.5 Å². The fourth-order valence-electron chi connectivity index (χ4n) is 1.51. The minimum Gasteiger partial charge on any atom is -0.496 e. The number of benzene rings is 1. The number of carbonyl (C=O) groups excluding carboxylic acids is 1. The summed E-state index contributed by atoms with van der Waals surface area (Å²) >= 11 is 3.25. The predicted octanol–water partition coefficient (Wildman–Crippen LogP) is 2.48. The van der Waals surface area contributed by atoms with Crippen molar-refractivity contribution in [3.05, 3.63) is 33.4 Å². The summed E-state index contributed by atoms with van der Waals surface area (Å²) in [5, 5.41) is 29.3. The van der Waals surface area contributed by atoms with E-state index in [0.29, 0.717) is 10.2 Å². The molecule has 1 N–H and O–H groups in total. The molecule has 0 fully saturated rings. The highest BCUT2D eigenvalue weighted by Crippen LogP contribution is 2.32. The number of nitrogens with one attached hydrogen (secondary N) is 1. The molecule has 0 spiro atoms. The Morgan fingerprint density at radius 2 is 1.82 bits per heavy atom. The molecule has 1 rings (SSSR count). The van der Waals surface area contributed by atoms with Gasteiger partial charge in [0.25, 0.3) is 0 Å². The molecule has 1 aromatic carbocycles. The van der Waals surface area contributed by atoms with E-state index in [1.165, 1.54) is 26.4 Å². The lowest BCUT2D eigenvalue weighted by Gasteiger charge is -2.13. The minimum absolute atomic E-state index is 0.0885. The summed E-state index contributed by atoms with van der Waals surface area (Å²) in [5.41, 5.74) is -0.387. The van der Waals surface area contributed by atoms with Crippen LogP contribution in [0.3, 0.4) is 0 Å². The van der Waals surface area contributed by atoms with Gasteiger partial charge in [-0.25, -0.2) is 4.79 Å². The van der Waals surface area contributed by atoms with Crippen molar-refractivity contribution in [2.24, 2.45) is 0 Å². The molecule has 7 nitrogen and oxygen atoms in total. The van der Waals surface area contributed by atoms with Gasteiger partial charge in [0, 0.05) is 0 Å². The van der Waals surface area contributed by atoms with E-state index in [1.807, 2.05) is 0 Å². The van der Waals surface area contributed by atoms with Crippen LogP contribution in [0.1, 0.15) is 10.4 Å². The summed E-state index contributed by atoms with van der Waals surface area (Å²) < 4.78 is 10.3. The van der Waals surface area contributed by atoms with Gasteiger partial charge in [-0.15, -0.1) is 0 Å². The number of anilines is 1. The van der Waals surface area contributed by atoms with Gasteiger partial charge in [0.2, 0.25) is 0 Å². The quantitative estimate of drug-likeness (QED) is 0.646. The summed E-state index contributed by atoms with van der Waals surface area (Å²) in [7, 11) is 2.63. The van der Waals surface area contributed by atoms with E-state index >= 15 is 0 Å². The molecular weight excluding hydrogens is 352 g/mol. The molecule has 0 saturated carbocycles. The van der Waals surface area contributed by atoms with Gasteiger partial charge in [0.1, 0.15) is 29.7 Å². The third-order valence-electron chi connectivity index (χ3n) is 2.54. The number of methoxy groups -OCH3 is 2. The minimum atomic E-state index is -0.666. The van der Waals surface area contributed by atoms with Crippen LogP contribution in [0.2, 0.25) is 0 Å². The molecule has 0 saturated heterocycles. The third kappa shape index (κ3) is 3.54. The largest absolute Gasteiger partial charge is 0.496 e. The highest BCUT2D eigenvalue weighted by atomic mass is 79.9. The Morgan fingerprint density at radius 1 is 1.18 bits per heavy atom. The first-order valence-corrected chi connectivity index (χ1v) is 6.49. The molecule has 8 heteroatoms. The molecule has 0 unspecified atom stereocenters. The Morgan fingerprint density at radius 3 is 2.27 bits per heavy atom. The highest BCUT2D eigenvalue weighted by molar-refractivity contribution is 9.10. The van der Waals surface area contributed by atoms with E-state index in [-0.39, 0.29) is 16.9 Å². The molecule has 22 heavy (non-hydrogen) atoms. The number of nitrogens with zero attached hydrogens (tertiary/aromatic N) is 3. The molecule has 0 heterocycles. The molecule has 0 aliphatic rings. The van der Waals surface area contributed by atoms with Crippen LogP contribution in [0.25, 0.3) is 0 Å². The average molecular weight is 361 g/mol. The van der Waals surface area contributed by atoms with Crippen molar-refractivity contribution in [2.45, 2.75) is 0 Å². The van der Waals surface area contributed by atoms with Crippen molar-refractivity contribution in [1.82, 2.24) is 0 Å². The van der Waals surface area contributed by atoms with Gasteiger partial charge in [-0.2, -0.15) is 15.8 Å². The Balaban J connectivity index is 3.48. The molecule has 0 bridgehead atoms. The lowest BCUT2D eigenvalue weighted by Crippen LogP contribution is -2.09. The highest BCUT2D eigenvalue weighted by Gasteiger charge is 2.18. The molecule has 0 aromatic heterocycles. The van der Waals surface area contributed by atoms with Crippen LogP contribution in [0.5, 0.6) is 5.75 Å². The summed E-state index contributed by atoms with van der Waals surface area (Å²) in [6.07, 6.45) is 0. The van der Waals surface area contributed by atoms with Crippen LogP contribution in [-0.2, 0) is 4.74 Å². The van der Waals surface area contributed by atoms with Gasteiger partial charge in [-0.05, 0) is 28.1 Å². The van der Waals surface area contributed by atoms with Crippen LogP contribution >= 0.6 is 15.9 Å². The van der Waals surface area contributed by atoms with Gasteiger partial charge in [0.15, 0.2) is 5.57 Å². The SMILES string of the molecule is COC(=O)c1cc(OC)c(Br)cc1NC(C#N)=C(C#N)C#N. The van der Waals surface area contributed by atoms with Crippen LogP contribution in [0.15, 0.2) is 27.9 Å². The van der Waals surface area contributed by atoms with Crippen molar-refractivity contribution in [1.29, 1.82) is 15.8 Å². The maximum absolute atomic E-state index is 11.8. The molecule has 0 atom stereocenters. The maximum atomic E-state index is 11.8. The molecule has 0 amide bonds. The van der Waals surface area contributed by atoms with Crippen LogP contribution in [0, 0.1) is 34.0 Å². The number of carbonyl (C=O) groups is 1. The monoisotopic (exact) mass is 360 g/mol. The zero-order valence-corrected chi connectivity index (χ0v) is 13.2. The second-order valence-corrected chi connectivity index (χ2v) is 4.59. The Kier molecular flexibility index (Phi) is 5.95. The Labute approximate surface area is 135 Å². The number of rotatable bonds is 4. The standard InChI is InChI=1S/C14H9BrN4O3/c1-21-13-3-9(14(20)22-2)11(4-10(13)15)19-12(7-18)8(5-16)6-17/h3-4,19H,1-2H3.